The van der Waals surface area contributed by atoms with Crippen LogP contribution in [0.15, 0.2) is 12.2 Å². The molecule has 3 nitrogen and oxygen atoms in total. The van der Waals surface area contributed by atoms with E-state index in [1.807, 2.05) is 0 Å². The Bertz CT molecular complexity index is 83.8. The number of aliphatic hydroxyl groups is 3. The van der Waals surface area contributed by atoms with Gasteiger partial charge in [0.15, 0.2) is 0 Å². The Morgan fingerprint density at radius 2 is 1.88 bits per heavy atom. The Hall–Kier alpha value is -0.0900. The van der Waals surface area contributed by atoms with Gasteiger partial charge in [-0.1, -0.05) is 6.08 Å². The lowest BCUT2D eigenvalue weighted by Gasteiger charge is -2.05. The molecule has 0 spiro atoms. The van der Waals surface area contributed by atoms with Crippen LogP contribution in [0.2, 0.25) is 0 Å². The molecule has 4 heteroatoms. The second kappa shape index (κ2) is 3.04. The highest BCUT2D eigenvalue weighted by atomic mass is 35.5. The van der Waals surface area contributed by atoms with E-state index in [0.717, 1.165) is 6.08 Å². The van der Waals surface area contributed by atoms with Gasteiger partial charge in [-0.2, -0.15) is 0 Å². The van der Waals surface area contributed by atoms with Gasteiger partial charge in [0.1, 0.15) is 0 Å². The Kier molecular flexibility index (Phi) is 3.01. The van der Waals surface area contributed by atoms with Crippen LogP contribution in [0.5, 0.6) is 0 Å². The first-order chi connectivity index (χ1) is 3.56. The normalized spacial score (nSPS) is 13.0. The smallest absolute Gasteiger partial charge is 0.297 e. The van der Waals surface area contributed by atoms with Crippen molar-refractivity contribution in [1.29, 1.82) is 0 Å². The van der Waals surface area contributed by atoms with E-state index in [1.54, 1.807) is 0 Å². The van der Waals surface area contributed by atoms with E-state index in [4.69, 9.17) is 26.9 Å². The molecule has 0 aromatic heterocycles. The van der Waals surface area contributed by atoms with Crippen LogP contribution in [0, 0.1) is 0 Å². The zero-order chi connectivity index (χ0) is 6.62. The van der Waals surface area contributed by atoms with Crippen LogP contribution >= 0.6 is 11.6 Å². The standard InChI is InChI=1S/C4H7ClO3/c5-3-1-2-4(6,7)8/h1-2,6-8H,3H2. The fraction of sp³-hybridized carbons (Fsp3) is 0.500. The molecule has 0 unspecified atom stereocenters. The van der Waals surface area contributed by atoms with Crippen molar-refractivity contribution < 1.29 is 15.3 Å². The molecule has 48 valence electrons. The Morgan fingerprint density at radius 1 is 1.38 bits per heavy atom. The molecule has 0 heterocycles. The van der Waals surface area contributed by atoms with Gasteiger partial charge in [0.2, 0.25) is 0 Å². The van der Waals surface area contributed by atoms with Crippen molar-refractivity contribution in [3.8, 4) is 0 Å². The van der Waals surface area contributed by atoms with Gasteiger partial charge >= 0.3 is 0 Å². The summed E-state index contributed by atoms with van der Waals surface area (Å²) in [7, 11) is 0. The maximum absolute atomic E-state index is 8.11. The van der Waals surface area contributed by atoms with Crippen molar-refractivity contribution in [2.45, 2.75) is 5.97 Å². The molecule has 0 fully saturated rings. The average Bonchev–Trinajstić information content (AvgIpc) is 1.59. The molecule has 0 saturated heterocycles. The minimum atomic E-state index is -2.71. The number of hydrogen-bond donors (Lipinski definition) is 3. The van der Waals surface area contributed by atoms with Crippen LogP contribution in [0.25, 0.3) is 0 Å². The van der Waals surface area contributed by atoms with Crippen LogP contribution in [0.1, 0.15) is 0 Å². The first-order valence-corrected chi connectivity index (χ1v) is 2.50. The average molecular weight is 139 g/mol. The molecule has 0 aliphatic heterocycles. The first-order valence-electron chi connectivity index (χ1n) is 1.97. The van der Waals surface area contributed by atoms with Crippen molar-refractivity contribution in [2.75, 3.05) is 5.88 Å². The fourth-order valence-corrected chi connectivity index (χ4v) is 0.292. The highest BCUT2D eigenvalue weighted by Crippen LogP contribution is 1.93. The SMILES string of the molecule is OC(O)(O)C=CCCl. The zero-order valence-electron chi connectivity index (χ0n) is 4.08. The molecule has 0 aromatic rings. The second-order valence-corrected chi connectivity index (χ2v) is 1.55. The van der Waals surface area contributed by atoms with Crippen molar-refractivity contribution in [3.05, 3.63) is 12.2 Å². The van der Waals surface area contributed by atoms with Crippen LogP contribution in [0.3, 0.4) is 0 Å². The lowest BCUT2D eigenvalue weighted by molar-refractivity contribution is -0.273. The molecule has 0 saturated carbocycles. The topological polar surface area (TPSA) is 60.7 Å². The highest BCUT2D eigenvalue weighted by molar-refractivity contribution is 6.18. The third-order valence-electron chi connectivity index (χ3n) is 0.431. The number of allylic oxidation sites excluding steroid dienone is 1. The molecular formula is C4H7ClO3. The largest absolute Gasteiger partial charge is 0.340 e. The molecule has 0 bridgehead atoms. The van der Waals surface area contributed by atoms with Gasteiger partial charge in [-0.15, -0.1) is 11.6 Å². The number of halogens is 1. The van der Waals surface area contributed by atoms with E-state index in [-0.39, 0.29) is 5.88 Å². The van der Waals surface area contributed by atoms with Crippen molar-refractivity contribution in [3.63, 3.8) is 0 Å². The van der Waals surface area contributed by atoms with E-state index in [1.165, 1.54) is 6.08 Å². The molecule has 0 aliphatic carbocycles. The molecule has 0 radical (unpaired) electrons. The fourth-order valence-electron chi connectivity index (χ4n) is 0.203. The van der Waals surface area contributed by atoms with Crippen LogP contribution in [-0.2, 0) is 0 Å². The summed E-state index contributed by atoms with van der Waals surface area (Å²) < 4.78 is 0. The van der Waals surface area contributed by atoms with Gasteiger partial charge in [0.05, 0.1) is 0 Å². The van der Waals surface area contributed by atoms with Crippen LogP contribution in [-0.4, -0.2) is 27.2 Å². The van der Waals surface area contributed by atoms with Crippen molar-refractivity contribution in [2.24, 2.45) is 0 Å². The first kappa shape index (κ1) is 7.91. The Morgan fingerprint density at radius 3 is 2.00 bits per heavy atom. The summed E-state index contributed by atoms with van der Waals surface area (Å²) in [4.78, 5) is 0. The molecular weight excluding hydrogens is 131 g/mol. The highest BCUT2D eigenvalue weighted by Gasteiger charge is 2.10. The van der Waals surface area contributed by atoms with Crippen molar-refractivity contribution >= 4 is 11.6 Å². The minimum Gasteiger partial charge on any atom is -0.340 e. The van der Waals surface area contributed by atoms with Gasteiger partial charge in [-0.05, 0) is 0 Å². The Labute approximate surface area is 51.8 Å². The monoisotopic (exact) mass is 138 g/mol. The van der Waals surface area contributed by atoms with E-state index in [0.29, 0.717) is 0 Å². The Balaban J connectivity index is 3.52. The molecule has 0 aliphatic rings. The molecule has 0 aromatic carbocycles. The summed E-state index contributed by atoms with van der Waals surface area (Å²) in [5, 5.41) is 24.3. The summed E-state index contributed by atoms with van der Waals surface area (Å²) in [6.45, 7) is 0. The maximum Gasteiger partial charge on any atom is 0.297 e. The summed E-state index contributed by atoms with van der Waals surface area (Å²) in [5.41, 5.74) is 0. The number of alkyl halides is 1. The minimum absolute atomic E-state index is 0.142. The lowest BCUT2D eigenvalue weighted by atomic mass is 10.5. The maximum atomic E-state index is 8.11. The summed E-state index contributed by atoms with van der Waals surface area (Å²) in [6, 6.07) is 0. The van der Waals surface area contributed by atoms with Gasteiger partial charge in [-0.3, -0.25) is 0 Å². The van der Waals surface area contributed by atoms with Crippen LogP contribution in [0.4, 0.5) is 0 Å². The summed E-state index contributed by atoms with van der Waals surface area (Å²) >= 11 is 5.09. The van der Waals surface area contributed by atoms with Gasteiger partial charge in [0.25, 0.3) is 5.97 Å². The van der Waals surface area contributed by atoms with Gasteiger partial charge in [-0.25, -0.2) is 0 Å². The molecule has 0 amide bonds. The molecule has 0 atom stereocenters. The van der Waals surface area contributed by atoms with E-state index in [9.17, 15) is 0 Å². The molecule has 0 rings (SSSR count). The number of hydrogen-bond acceptors (Lipinski definition) is 3. The quantitative estimate of drug-likeness (QED) is 0.272. The predicted octanol–water partition coefficient (Wildman–Crippen LogP) is -0.588. The number of rotatable bonds is 2. The lowest BCUT2D eigenvalue weighted by Crippen LogP contribution is -2.23. The summed E-state index contributed by atoms with van der Waals surface area (Å²) in [5.74, 6) is -2.57. The third kappa shape index (κ3) is 5.91. The zero-order valence-corrected chi connectivity index (χ0v) is 4.84. The van der Waals surface area contributed by atoms with Crippen molar-refractivity contribution in [1.82, 2.24) is 0 Å². The molecule has 8 heavy (non-hydrogen) atoms. The second-order valence-electron chi connectivity index (χ2n) is 1.24. The van der Waals surface area contributed by atoms with Gasteiger partial charge in [0, 0.05) is 12.0 Å². The van der Waals surface area contributed by atoms with E-state index in [2.05, 4.69) is 0 Å². The van der Waals surface area contributed by atoms with Crippen LogP contribution < -0.4 is 0 Å². The molecule has 3 N–H and O–H groups in total. The van der Waals surface area contributed by atoms with Gasteiger partial charge < -0.3 is 15.3 Å². The predicted molar refractivity (Wildman–Crippen MR) is 29.2 cm³/mol. The third-order valence-corrected chi connectivity index (χ3v) is 0.609. The summed E-state index contributed by atoms with van der Waals surface area (Å²) in [6.07, 6.45) is 2.00. The van der Waals surface area contributed by atoms with E-state index < -0.39 is 5.97 Å². The van der Waals surface area contributed by atoms with E-state index >= 15 is 0 Å².